The number of thiazole rings is 1. The summed E-state index contributed by atoms with van der Waals surface area (Å²) >= 11 is 0.987. The predicted molar refractivity (Wildman–Crippen MR) is 145 cm³/mol. The number of rotatable bonds is 11. The number of carbonyl (C=O) groups is 3. The van der Waals surface area contributed by atoms with E-state index in [2.05, 4.69) is 15.3 Å². The van der Waals surface area contributed by atoms with E-state index in [9.17, 15) is 18.8 Å². The quantitative estimate of drug-likeness (QED) is 0.242. The average Bonchev–Trinajstić information content (AvgIpc) is 3.33. The maximum Gasteiger partial charge on any atom is 0.258 e. The molecule has 4 aromatic rings. The van der Waals surface area contributed by atoms with E-state index in [-0.39, 0.29) is 34.1 Å². The SMILES string of the molecule is CC(C(N)=O)N(c1ccc(F)cc1)c1nc(N)c(C(=O)c2ccc(OCC(=O)NCc3cccnc3)cc2)s1. The molecule has 5 N–H and O–H groups in total. The first-order valence-corrected chi connectivity index (χ1v) is 12.6. The van der Waals surface area contributed by atoms with Gasteiger partial charge < -0.3 is 26.4 Å². The highest BCUT2D eigenvalue weighted by molar-refractivity contribution is 7.18. The molecule has 4 rings (SSSR count). The second-order valence-corrected chi connectivity index (χ2v) is 9.39. The third kappa shape index (κ3) is 6.73. The topological polar surface area (TPSA) is 154 Å². The number of nitrogens with one attached hydrogen (secondary N) is 1. The number of nitrogen functional groups attached to an aromatic ring is 1. The Bertz CT molecular complexity index is 1460. The molecule has 0 aliphatic rings. The summed E-state index contributed by atoms with van der Waals surface area (Å²) in [6.45, 7) is 1.71. The molecule has 2 aromatic carbocycles. The van der Waals surface area contributed by atoms with Crippen molar-refractivity contribution in [3.63, 3.8) is 0 Å². The predicted octanol–water partition coefficient (Wildman–Crippen LogP) is 3.20. The Morgan fingerprint density at radius 1 is 1.10 bits per heavy atom. The fourth-order valence-corrected chi connectivity index (χ4v) is 4.60. The van der Waals surface area contributed by atoms with Gasteiger partial charge in [0.1, 0.15) is 28.3 Å². The summed E-state index contributed by atoms with van der Waals surface area (Å²) in [6, 6.07) is 14.5. The van der Waals surface area contributed by atoms with Crippen molar-refractivity contribution >= 4 is 45.6 Å². The normalized spacial score (nSPS) is 11.4. The summed E-state index contributed by atoms with van der Waals surface area (Å²) in [5.74, 6) is -1.39. The van der Waals surface area contributed by atoms with E-state index in [1.807, 2.05) is 6.07 Å². The third-order valence-electron chi connectivity index (χ3n) is 5.66. The van der Waals surface area contributed by atoms with Crippen LogP contribution in [0.3, 0.4) is 0 Å². The van der Waals surface area contributed by atoms with Crippen molar-refractivity contribution in [3.05, 3.63) is 94.9 Å². The second-order valence-electron chi connectivity index (χ2n) is 8.42. The summed E-state index contributed by atoms with van der Waals surface area (Å²) < 4.78 is 19.0. The number of primary amides is 1. The molecule has 0 spiro atoms. The zero-order valence-electron chi connectivity index (χ0n) is 20.8. The number of hydrogen-bond acceptors (Lipinski definition) is 9. The van der Waals surface area contributed by atoms with Crippen molar-refractivity contribution in [3.8, 4) is 5.75 Å². The van der Waals surface area contributed by atoms with Gasteiger partial charge >= 0.3 is 0 Å². The van der Waals surface area contributed by atoms with Crippen molar-refractivity contribution in [2.24, 2.45) is 5.73 Å². The third-order valence-corrected chi connectivity index (χ3v) is 6.73. The molecule has 2 amide bonds. The number of ether oxygens (including phenoxy) is 1. The van der Waals surface area contributed by atoms with Crippen LogP contribution in [0.25, 0.3) is 0 Å². The Hall–Kier alpha value is -4.84. The van der Waals surface area contributed by atoms with E-state index in [0.717, 1.165) is 16.9 Å². The van der Waals surface area contributed by atoms with Gasteiger partial charge in [0.25, 0.3) is 5.91 Å². The van der Waals surface area contributed by atoms with Crippen molar-refractivity contribution in [1.29, 1.82) is 0 Å². The fraction of sp³-hybridized carbons (Fsp3) is 0.148. The first-order valence-electron chi connectivity index (χ1n) is 11.8. The number of hydrogen-bond donors (Lipinski definition) is 3. The van der Waals surface area contributed by atoms with Gasteiger partial charge in [0.15, 0.2) is 11.7 Å². The van der Waals surface area contributed by atoms with Crippen molar-refractivity contribution in [1.82, 2.24) is 15.3 Å². The molecule has 0 aliphatic carbocycles. The van der Waals surface area contributed by atoms with E-state index in [4.69, 9.17) is 16.2 Å². The number of benzene rings is 2. The number of anilines is 3. The molecule has 0 aliphatic heterocycles. The number of carbonyl (C=O) groups excluding carboxylic acids is 3. The first-order chi connectivity index (χ1) is 18.7. The molecule has 0 fully saturated rings. The Labute approximate surface area is 227 Å². The highest BCUT2D eigenvalue weighted by atomic mass is 32.1. The lowest BCUT2D eigenvalue weighted by Crippen LogP contribution is -2.39. The lowest BCUT2D eigenvalue weighted by molar-refractivity contribution is -0.123. The molecule has 12 heteroatoms. The van der Waals surface area contributed by atoms with Gasteiger partial charge in [-0.15, -0.1) is 0 Å². The van der Waals surface area contributed by atoms with Gasteiger partial charge in [-0.1, -0.05) is 17.4 Å². The number of nitrogens with two attached hydrogens (primary N) is 2. The maximum absolute atomic E-state index is 13.5. The van der Waals surface area contributed by atoms with Crippen molar-refractivity contribution in [2.75, 3.05) is 17.2 Å². The molecule has 1 unspecified atom stereocenters. The van der Waals surface area contributed by atoms with Crippen LogP contribution >= 0.6 is 11.3 Å². The van der Waals surface area contributed by atoms with Gasteiger partial charge in [-0.25, -0.2) is 9.37 Å². The van der Waals surface area contributed by atoms with Crippen LogP contribution in [0.1, 0.15) is 27.7 Å². The highest BCUT2D eigenvalue weighted by Crippen LogP contribution is 2.36. The smallest absolute Gasteiger partial charge is 0.258 e. The van der Waals surface area contributed by atoms with Gasteiger partial charge in [0, 0.05) is 30.2 Å². The molecule has 0 radical (unpaired) electrons. The maximum atomic E-state index is 13.5. The van der Waals surface area contributed by atoms with E-state index < -0.39 is 17.8 Å². The van der Waals surface area contributed by atoms with Crippen LogP contribution < -0.4 is 26.4 Å². The second kappa shape index (κ2) is 12.1. The Kier molecular flexibility index (Phi) is 8.46. The highest BCUT2D eigenvalue weighted by Gasteiger charge is 2.27. The van der Waals surface area contributed by atoms with Gasteiger partial charge in [-0.05, 0) is 67.1 Å². The van der Waals surface area contributed by atoms with Crippen molar-refractivity contribution < 1.29 is 23.5 Å². The molecule has 2 aromatic heterocycles. The van der Waals surface area contributed by atoms with Gasteiger partial charge in [-0.2, -0.15) is 0 Å². The van der Waals surface area contributed by atoms with Gasteiger partial charge in [0.2, 0.25) is 11.7 Å². The van der Waals surface area contributed by atoms with E-state index in [1.54, 1.807) is 49.6 Å². The van der Waals surface area contributed by atoms with Crippen LogP contribution in [0.5, 0.6) is 5.75 Å². The standard InChI is InChI=1S/C27H25FN6O4S/c1-16(26(30)37)34(20-8-6-19(28)7-9-20)27-33-25(29)24(39-27)23(36)18-4-10-21(11-5-18)38-15-22(35)32-14-17-3-2-12-31-13-17/h2-13,16H,14-15,29H2,1H3,(H2,30,37)(H,32,35). The molecule has 10 nitrogen and oxygen atoms in total. The molecular formula is C27H25FN6O4S. The molecule has 2 heterocycles. The van der Waals surface area contributed by atoms with E-state index in [1.165, 1.54) is 29.2 Å². The van der Waals surface area contributed by atoms with Crippen LogP contribution in [-0.2, 0) is 16.1 Å². The van der Waals surface area contributed by atoms with Crippen LogP contribution in [0, 0.1) is 5.82 Å². The van der Waals surface area contributed by atoms with Crippen LogP contribution in [-0.4, -0.2) is 40.2 Å². The van der Waals surface area contributed by atoms with Crippen LogP contribution in [0.15, 0.2) is 73.1 Å². The summed E-state index contributed by atoms with van der Waals surface area (Å²) in [5.41, 5.74) is 13.2. The van der Waals surface area contributed by atoms with Crippen molar-refractivity contribution in [2.45, 2.75) is 19.5 Å². The molecule has 0 saturated carbocycles. The minimum Gasteiger partial charge on any atom is -0.484 e. The molecule has 1 atom stereocenters. The van der Waals surface area contributed by atoms with E-state index >= 15 is 0 Å². The number of pyridine rings is 1. The Balaban J connectivity index is 1.44. The fourth-order valence-electron chi connectivity index (χ4n) is 3.55. The summed E-state index contributed by atoms with van der Waals surface area (Å²) in [4.78, 5) is 47.2. The first kappa shape index (κ1) is 27.2. The number of nitrogens with zero attached hydrogens (tertiary/aromatic N) is 3. The molecular weight excluding hydrogens is 523 g/mol. The largest absolute Gasteiger partial charge is 0.484 e. The van der Waals surface area contributed by atoms with Gasteiger partial charge in [0.05, 0.1) is 0 Å². The van der Waals surface area contributed by atoms with Crippen LogP contribution in [0.2, 0.25) is 0 Å². The lowest BCUT2D eigenvalue weighted by Gasteiger charge is -2.26. The monoisotopic (exact) mass is 548 g/mol. The Morgan fingerprint density at radius 2 is 1.82 bits per heavy atom. The summed E-state index contributed by atoms with van der Waals surface area (Å²) in [5, 5.41) is 2.99. The zero-order chi connectivity index (χ0) is 27.9. The summed E-state index contributed by atoms with van der Waals surface area (Å²) in [7, 11) is 0. The summed E-state index contributed by atoms with van der Waals surface area (Å²) in [6.07, 6.45) is 3.31. The molecule has 200 valence electrons. The van der Waals surface area contributed by atoms with Gasteiger partial charge in [-0.3, -0.25) is 19.4 Å². The van der Waals surface area contributed by atoms with Crippen LogP contribution in [0.4, 0.5) is 21.0 Å². The number of halogens is 1. The minimum atomic E-state index is -0.845. The number of ketones is 1. The number of aromatic nitrogens is 2. The zero-order valence-corrected chi connectivity index (χ0v) is 21.7. The molecule has 39 heavy (non-hydrogen) atoms. The molecule has 0 bridgehead atoms. The molecule has 0 saturated heterocycles. The Morgan fingerprint density at radius 3 is 2.46 bits per heavy atom. The number of amides is 2. The minimum absolute atomic E-state index is 0.0191. The van der Waals surface area contributed by atoms with E-state index in [0.29, 0.717) is 23.5 Å². The average molecular weight is 549 g/mol. The lowest BCUT2D eigenvalue weighted by atomic mass is 10.1.